The second kappa shape index (κ2) is 6.15. The first kappa shape index (κ1) is 14.2. The zero-order chi connectivity index (χ0) is 12.9. The van der Waals surface area contributed by atoms with Crippen LogP contribution in [0.5, 0.6) is 0 Å². The molecule has 1 aromatic carbocycles. The maximum atomic E-state index is 13.9. The Morgan fingerprint density at radius 1 is 1.24 bits per heavy atom. The van der Waals surface area contributed by atoms with E-state index < -0.39 is 0 Å². The highest BCUT2D eigenvalue weighted by molar-refractivity contribution is 5.23. The average Bonchev–Trinajstić information content (AvgIpc) is 2.31. The molecule has 1 N–H and O–H groups in total. The second-order valence-electron chi connectivity index (χ2n) is 5.25. The number of rotatable bonds is 6. The Hall–Kier alpha value is -0.890. The molecule has 1 atom stereocenters. The molecule has 96 valence electrons. The molecule has 0 spiro atoms. The SMILES string of the molecule is CCCNC(c1ccccc1F)C(C)(C)CC. The third-order valence-electron chi connectivity index (χ3n) is 3.51. The van der Waals surface area contributed by atoms with Gasteiger partial charge in [0.1, 0.15) is 5.82 Å². The Morgan fingerprint density at radius 2 is 1.88 bits per heavy atom. The van der Waals surface area contributed by atoms with Crippen LogP contribution in [0.1, 0.15) is 52.1 Å². The van der Waals surface area contributed by atoms with Crippen molar-refractivity contribution < 1.29 is 4.39 Å². The molecule has 1 rings (SSSR count). The van der Waals surface area contributed by atoms with E-state index in [0.717, 1.165) is 24.9 Å². The lowest BCUT2D eigenvalue weighted by Gasteiger charge is -2.35. The van der Waals surface area contributed by atoms with Gasteiger partial charge in [-0.15, -0.1) is 0 Å². The predicted octanol–water partition coefficient (Wildman–Crippen LogP) is 4.30. The van der Waals surface area contributed by atoms with Crippen LogP contribution in [0.25, 0.3) is 0 Å². The molecule has 1 aromatic rings. The van der Waals surface area contributed by atoms with Gasteiger partial charge < -0.3 is 5.32 Å². The highest BCUT2D eigenvalue weighted by Crippen LogP contribution is 2.37. The Morgan fingerprint density at radius 3 is 2.41 bits per heavy atom. The summed E-state index contributed by atoms with van der Waals surface area (Å²) in [5, 5.41) is 3.48. The molecule has 0 fully saturated rings. The Balaban J connectivity index is 3.02. The largest absolute Gasteiger partial charge is 0.309 e. The van der Waals surface area contributed by atoms with E-state index in [0.29, 0.717) is 0 Å². The summed E-state index contributed by atoms with van der Waals surface area (Å²) < 4.78 is 13.9. The van der Waals surface area contributed by atoms with E-state index in [-0.39, 0.29) is 17.3 Å². The minimum Gasteiger partial charge on any atom is -0.309 e. The summed E-state index contributed by atoms with van der Waals surface area (Å²) in [6.07, 6.45) is 2.08. The first-order valence-corrected chi connectivity index (χ1v) is 6.50. The first-order chi connectivity index (χ1) is 8.03. The van der Waals surface area contributed by atoms with Crippen LogP contribution in [0.2, 0.25) is 0 Å². The van der Waals surface area contributed by atoms with Gasteiger partial charge in [0.15, 0.2) is 0 Å². The topological polar surface area (TPSA) is 12.0 Å². The lowest BCUT2D eigenvalue weighted by molar-refractivity contribution is 0.230. The van der Waals surface area contributed by atoms with Crippen LogP contribution < -0.4 is 5.32 Å². The van der Waals surface area contributed by atoms with Crippen molar-refractivity contribution in [2.75, 3.05) is 6.54 Å². The van der Waals surface area contributed by atoms with E-state index in [4.69, 9.17) is 0 Å². The smallest absolute Gasteiger partial charge is 0.127 e. The summed E-state index contributed by atoms with van der Waals surface area (Å²) in [5.41, 5.74) is 0.838. The Labute approximate surface area is 104 Å². The summed E-state index contributed by atoms with van der Waals surface area (Å²) in [6.45, 7) is 9.58. The van der Waals surface area contributed by atoms with Crippen LogP contribution in [0.4, 0.5) is 4.39 Å². The summed E-state index contributed by atoms with van der Waals surface area (Å²) in [7, 11) is 0. The fourth-order valence-corrected chi connectivity index (χ4v) is 2.01. The van der Waals surface area contributed by atoms with Crippen molar-refractivity contribution in [2.45, 2.75) is 46.6 Å². The van der Waals surface area contributed by atoms with E-state index in [1.807, 2.05) is 12.1 Å². The van der Waals surface area contributed by atoms with Crippen molar-refractivity contribution in [2.24, 2.45) is 5.41 Å². The van der Waals surface area contributed by atoms with Crippen LogP contribution in [0.3, 0.4) is 0 Å². The summed E-state index contributed by atoms with van der Waals surface area (Å²) >= 11 is 0. The van der Waals surface area contributed by atoms with Crippen LogP contribution in [-0.4, -0.2) is 6.54 Å². The van der Waals surface area contributed by atoms with Gasteiger partial charge in [0.25, 0.3) is 0 Å². The van der Waals surface area contributed by atoms with Crippen molar-refractivity contribution in [3.63, 3.8) is 0 Å². The quantitative estimate of drug-likeness (QED) is 0.777. The Bertz CT molecular complexity index is 347. The lowest BCUT2D eigenvalue weighted by atomic mass is 9.78. The molecular weight excluding hydrogens is 213 g/mol. The molecule has 2 heteroatoms. The standard InChI is InChI=1S/C15H24FN/c1-5-11-17-14(15(3,4)6-2)12-9-7-8-10-13(12)16/h7-10,14,17H,5-6,11H2,1-4H3. The van der Waals surface area contributed by atoms with E-state index in [2.05, 4.69) is 33.0 Å². The van der Waals surface area contributed by atoms with Gasteiger partial charge in [0.2, 0.25) is 0 Å². The molecule has 0 radical (unpaired) electrons. The van der Waals surface area contributed by atoms with Gasteiger partial charge in [-0.1, -0.05) is 45.9 Å². The molecule has 0 aliphatic heterocycles. The monoisotopic (exact) mass is 237 g/mol. The van der Waals surface area contributed by atoms with Crippen molar-refractivity contribution in [3.8, 4) is 0 Å². The molecular formula is C15H24FN. The molecule has 1 unspecified atom stereocenters. The second-order valence-corrected chi connectivity index (χ2v) is 5.25. The third kappa shape index (κ3) is 3.53. The van der Waals surface area contributed by atoms with Crippen molar-refractivity contribution in [1.82, 2.24) is 5.32 Å². The summed E-state index contributed by atoms with van der Waals surface area (Å²) in [4.78, 5) is 0. The number of hydrogen-bond donors (Lipinski definition) is 1. The fourth-order valence-electron chi connectivity index (χ4n) is 2.01. The van der Waals surface area contributed by atoms with Crippen LogP contribution in [0.15, 0.2) is 24.3 Å². The number of hydrogen-bond acceptors (Lipinski definition) is 1. The van der Waals surface area contributed by atoms with Gasteiger partial charge in [-0.25, -0.2) is 4.39 Å². The highest BCUT2D eigenvalue weighted by atomic mass is 19.1. The van der Waals surface area contributed by atoms with Crippen molar-refractivity contribution in [1.29, 1.82) is 0 Å². The zero-order valence-electron chi connectivity index (χ0n) is 11.4. The Kier molecular flexibility index (Phi) is 5.13. The molecule has 0 aromatic heterocycles. The number of halogens is 1. The highest BCUT2D eigenvalue weighted by Gasteiger charge is 2.30. The molecule has 0 amide bonds. The normalized spacial score (nSPS) is 13.7. The number of benzene rings is 1. The van der Waals surface area contributed by atoms with E-state index >= 15 is 0 Å². The van der Waals surface area contributed by atoms with E-state index in [1.165, 1.54) is 0 Å². The van der Waals surface area contributed by atoms with Gasteiger partial charge in [-0.2, -0.15) is 0 Å². The maximum absolute atomic E-state index is 13.9. The third-order valence-corrected chi connectivity index (χ3v) is 3.51. The molecule has 1 nitrogen and oxygen atoms in total. The van der Waals surface area contributed by atoms with Crippen LogP contribution >= 0.6 is 0 Å². The predicted molar refractivity (Wildman–Crippen MR) is 71.5 cm³/mol. The molecule has 0 saturated carbocycles. The average molecular weight is 237 g/mol. The molecule has 17 heavy (non-hydrogen) atoms. The van der Waals surface area contributed by atoms with Gasteiger partial charge in [0.05, 0.1) is 0 Å². The van der Waals surface area contributed by atoms with Crippen LogP contribution in [0, 0.1) is 11.2 Å². The van der Waals surface area contributed by atoms with Crippen molar-refractivity contribution in [3.05, 3.63) is 35.6 Å². The zero-order valence-corrected chi connectivity index (χ0v) is 11.4. The lowest BCUT2D eigenvalue weighted by Crippen LogP contribution is -2.35. The fraction of sp³-hybridized carbons (Fsp3) is 0.600. The minimum absolute atomic E-state index is 0.0529. The van der Waals surface area contributed by atoms with Gasteiger partial charge in [0, 0.05) is 11.6 Å². The molecule has 0 saturated heterocycles. The maximum Gasteiger partial charge on any atom is 0.127 e. The van der Waals surface area contributed by atoms with Gasteiger partial charge in [-0.3, -0.25) is 0 Å². The molecule has 0 aliphatic carbocycles. The summed E-state index contributed by atoms with van der Waals surface area (Å²) in [6, 6.07) is 7.16. The van der Waals surface area contributed by atoms with Gasteiger partial charge in [-0.05, 0) is 30.9 Å². The molecule has 0 heterocycles. The van der Waals surface area contributed by atoms with Crippen molar-refractivity contribution >= 4 is 0 Å². The molecule has 0 aliphatic rings. The van der Waals surface area contributed by atoms with E-state index in [1.54, 1.807) is 12.1 Å². The minimum atomic E-state index is -0.109. The molecule has 0 bridgehead atoms. The van der Waals surface area contributed by atoms with E-state index in [9.17, 15) is 4.39 Å². The van der Waals surface area contributed by atoms with Gasteiger partial charge >= 0.3 is 0 Å². The summed E-state index contributed by atoms with van der Waals surface area (Å²) in [5.74, 6) is -0.109. The van der Waals surface area contributed by atoms with Crippen LogP contribution in [-0.2, 0) is 0 Å². The first-order valence-electron chi connectivity index (χ1n) is 6.50. The number of nitrogens with one attached hydrogen (secondary N) is 1.